The molecule has 156 valence electrons. The Balaban J connectivity index is 1.59. The number of rotatable bonds is 2. The molecule has 3 atom stereocenters. The van der Waals surface area contributed by atoms with Crippen LogP contribution in [-0.2, 0) is 22.5 Å². The summed E-state index contributed by atoms with van der Waals surface area (Å²) in [6.45, 7) is 0.493. The largest absolute Gasteiger partial charge is 0.468 e. The number of nitrogens with zero attached hydrogens (tertiary/aromatic N) is 5. The lowest BCUT2D eigenvalue weighted by Gasteiger charge is -2.47. The van der Waals surface area contributed by atoms with Crippen molar-refractivity contribution in [3.05, 3.63) is 77.0 Å². The molecule has 0 saturated heterocycles. The van der Waals surface area contributed by atoms with Gasteiger partial charge in [0.15, 0.2) is 5.82 Å². The minimum absolute atomic E-state index is 0.175. The Labute approximate surface area is 176 Å². The van der Waals surface area contributed by atoms with Gasteiger partial charge in [-0.2, -0.15) is 0 Å². The molecule has 0 saturated carbocycles. The van der Waals surface area contributed by atoms with Gasteiger partial charge in [-0.05, 0) is 39.8 Å². The number of aromatic nitrogens is 5. The zero-order valence-corrected chi connectivity index (χ0v) is 16.7. The lowest BCUT2D eigenvalue weighted by Crippen LogP contribution is -2.54. The highest BCUT2D eigenvalue weighted by Gasteiger charge is 2.49. The van der Waals surface area contributed by atoms with Gasteiger partial charge in [0.2, 0.25) is 0 Å². The normalized spacial score (nSPS) is 22.6. The number of halogens is 1. The summed E-state index contributed by atoms with van der Waals surface area (Å²) < 4.78 is 20.6. The molecular formula is C22H19FN6O2. The van der Waals surface area contributed by atoms with Crippen molar-refractivity contribution in [2.75, 3.05) is 7.11 Å². The summed E-state index contributed by atoms with van der Waals surface area (Å²) in [6.07, 6.45) is 0.502. The van der Waals surface area contributed by atoms with Crippen LogP contribution in [0.2, 0.25) is 0 Å². The van der Waals surface area contributed by atoms with Gasteiger partial charge < -0.3 is 9.72 Å². The average Bonchev–Trinajstić information content (AvgIpc) is 3.41. The molecule has 0 amide bonds. The Hall–Kier alpha value is -3.59. The van der Waals surface area contributed by atoms with Crippen LogP contribution < -0.4 is 0 Å². The van der Waals surface area contributed by atoms with Crippen molar-refractivity contribution in [3.8, 4) is 0 Å². The molecule has 0 spiro atoms. The van der Waals surface area contributed by atoms with Crippen LogP contribution in [0.25, 0.3) is 10.9 Å². The second kappa shape index (κ2) is 6.71. The highest BCUT2D eigenvalue weighted by molar-refractivity contribution is 5.87. The van der Waals surface area contributed by atoms with Crippen LogP contribution in [0.3, 0.4) is 0 Å². The number of hydrogen-bond donors (Lipinski definition) is 1. The van der Waals surface area contributed by atoms with E-state index in [-0.39, 0.29) is 17.8 Å². The van der Waals surface area contributed by atoms with Crippen LogP contribution in [0, 0.1) is 5.82 Å². The number of benzene rings is 2. The number of carbonyl (C=O) groups excluding carboxylic acids is 1. The number of aromatic amines is 1. The average molecular weight is 418 g/mol. The molecule has 4 aromatic rings. The van der Waals surface area contributed by atoms with Gasteiger partial charge in [-0.25, -0.2) is 9.07 Å². The highest BCUT2D eigenvalue weighted by atomic mass is 19.1. The van der Waals surface area contributed by atoms with Crippen molar-refractivity contribution in [3.63, 3.8) is 0 Å². The third-order valence-corrected chi connectivity index (χ3v) is 6.40. The van der Waals surface area contributed by atoms with E-state index in [1.165, 1.54) is 19.2 Å². The minimum Gasteiger partial charge on any atom is -0.468 e. The standard InChI is InChI=1S/C22H19FN6O2/c1-31-22(30)17-10-15-14-4-2-3-5-16(14)24-19(15)18-11-28-21(25-26-27-28)20(29(17)18)12-6-8-13(23)9-7-12/h2-9,17-18,20,24H,10-11H2,1H3. The van der Waals surface area contributed by atoms with Gasteiger partial charge >= 0.3 is 5.97 Å². The molecule has 6 rings (SSSR count). The number of fused-ring (bicyclic) bond motifs is 6. The molecule has 2 aromatic carbocycles. The van der Waals surface area contributed by atoms with Crippen LogP contribution >= 0.6 is 0 Å². The molecule has 0 fully saturated rings. The Morgan fingerprint density at radius 2 is 2.00 bits per heavy atom. The predicted octanol–water partition coefficient (Wildman–Crippen LogP) is 2.54. The van der Waals surface area contributed by atoms with Crippen molar-refractivity contribution in [1.29, 1.82) is 0 Å². The van der Waals surface area contributed by atoms with E-state index in [9.17, 15) is 9.18 Å². The minimum atomic E-state index is -0.526. The first-order valence-corrected chi connectivity index (χ1v) is 10.1. The van der Waals surface area contributed by atoms with E-state index in [2.05, 4.69) is 31.5 Å². The Morgan fingerprint density at radius 3 is 2.81 bits per heavy atom. The lowest BCUT2D eigenvalue weighted by molar-refractivity contribution is -0.150. The summed E-state index contributed by atoms with van der Waals surface area (Å²) in [5.74, 6) is -0.0120. The monoisotopic (exact) mass is 418 g/mol. The summed E-state index contributed by atoms with van der Waals surface area (Å²) in [4.78, 5) is 18.7. The number of carbonyl (C=O) groups is 1. The van der Waals surface area contributed by atoms with Gasteiger partial charge in [0.05, 0.1) is 25.7 Å². The number of esters is 1. The van der Waals surface area contributed by atoms with Crippen molar-refractivity contribution in [2.45, 2.75) is 31.1 Å². The van der Waals surface area contributed by atoms with E-state index < -0.39 is 12.1 Å². The third kappa shape index (κ3) is 2.63. The highest BCUT2D eigenvalue weighted by Crippen LogP contribution is 2.46. The van der Waals surface area contributed by atoms with Crippen molar-refractivity contribution in [2.24, 2.45) is 0 Å². The Kier molecular flexibility index (Phi) is 3.94. The maximum atomic E-state index is 13.7. The van der Waals surface area contributed by atoms with Crippen LogP contribution in [-0.4, -0.2) is 49.2 Å². The summed E-state index contributed by atoms with van der Waals surface area (Å²) in [7, 11) is 1.41. The summed E-state index contributed by atoms with van der Waals surface area (Å²) in [6, 6.07) is 13.2. The van der Waals surface area contributed by atoms with Crippen molar-refractivity contribution >= 4 is 16.9 Å². The van der Waals surface area contributed by atoms with Gasteiger partial charge in [0.25, 0.3) is 0 Å². The van der Waals surface area contributed by atoms with Gasteiger partial charge in [-0.3, -0.25) is 9.69 Å². The number of hydrogen-bond acceptors (Lipinski definition) is 6. The van der Waals surface area contributed by atoms with Crippen molar-refractivity contribution in [1.82, 2.24) is 30.1 Å². The fourth-order valence-electron chi connectivity index (χ4n) is 5.08. The van der Waals surface area contributed by atoms with Gasteiger partial charge in [0, 0.05) is 23.0 Å². The van der Waals surface area contributed by atoms with Crippen LogP contribution in [0.15, 0.2) is 48.5 Å². The molecule has 2 aromatic heterocycles. The molecule has 4 heterocycles. The van der Waals surface area contributed by atoms with E-state index in [1.54, 1.807) is 16.8 Å². The summed E-state index contributed by atoms with van der Waals surface area (Å²) in [5, 5.41) is 13.4. The number of methoxy groups -OCH3 is 1. The second-order valence-electron chi connectivity index (χ2n) is 7.94. The molecule has 2 aliphatic rings. The topological polar surface area (TPSA) is 88.9 Å². The molecule has 0 bridgehead atoms. The van der Waals surface area contributed by atoms with E-state index in [0.717, 1.165) is 27.7 Å². The first-order chi connectivity index (χ1) is 15.2. The predicted molar refractivity (Wildman–Crippen MR) is 108 cm³/mol. The van der Waals surface area contributed by atoms with E-state index >= 15 is 0 Å². The smallest absolute Gasteiger partial charge is 0.323 e. The molecule has 9 heteroatoms. The van der Waals surface area contributed by atoms with Crippen LogP contribution in [0.4, 0.5) is 4.39 Å². The van der Waals surface area contributed by atoms with E-state index in [1.807, 2.05) is 18.2 Å². The van der Waals surface area contributed by atoms with Gasteiger partial charge in [0.1, 0.15) is 11.9 Å². The Morgan fingerprint density at radius 1 is 1.19 bits per heavy atom. The SMILES string of the molecule is COC(=O)C1Cc2c([nH]c3ccccc23)C2Cn3nnnc3C(c3ccc(F)cc3)N12. The maximum absolute atomic E-state index is 13.7. The van der Waals surface area contributed by atoms with Crippen molar-refractivity contribution < 1.29 is 13.9 Å². The quantitative estimate of drug-likeness (QED) is 0.504. The van der Waals surface area contributed by atoms with E-state index in [4.69, 9.17) is 4.74 Å². The number of H-pyrrole nitrogens is 1. The Bertz CT molecular complexity index is 1300. The number of nitrogens with one attached hydrogen (secondary N) is 1. The summed E-state index contributed by atoms with van der Waals surface area (Å²) in [5.41, 5.74) is 4.01. The molecule has 0 radical (unpaired) electrons. The first-order valence-electron chi connectivity index (χ1n) is 10.1. The maximum Gasteiger partial charge on any atom is 0.323 e. The fourth-order valence-corrected chi connectivity index (χ4v) is 5.08. The zero-order valence-electron chi connectivity index (χ0n) is 16.7. The molecule has 2 aliphatic heterocycles. The molecule has 0 aliphatic carbocycles. The zero-order chi connectivity index (χ0) is 21.1. The second-order valence-corrected chi connectivity index (χ2v) is 7.94. The van der Waals surface area contributed by atoms with Gasteiger partial charge in [-0.15, -0.1) is 5.10 Å². The summed E-state index contributed by atoms with van der Waals surface area (Å²) >= 11 is 0. The number of ether oxygens (including phenoxy) is 1. The lowest BCUT2D eigenvalue weighted by atomic mass is 9.86. The third-order valence-electron chi connectivity index (χ3n) is 6.40. The number of para-hydroxylation sites is 1. The molecule has 31 heavy (non-hydrogen) atoms. The molecule has 3 unspecified atom stereocenters. The van der Waals surface area contributed by atoms with Gasteiger partial charge in [-0.1, -0.05) is 30.3 Å². The first kappa shape index (κ1) is 18.2. The van der Waals surface area contributed by atoms with E-state index in [0.29, 0.717) is 18.8 Å². The van der Waals surface area contributed by atoms with Crippen LogP contribution in [0.5, 0.6) is 0 Å². The van der Waals surface area contributed by atoms with Crippen LogP contribution in [0.1, 0.15) is 34.7 Å². The fraction of sp³-hybridized carbons (Fsp3) is 0.273. The molecular weight excluding hydrogens is 399 g/mol. The number of tetrazole rings is 1. The molecule has 1 N–H and O–H groups in total. The molecule has 8 nitrogen and oxygen atoms in total.